The van der Waals surface area contributed by atoms with Gasteiger partial charge in [-0.1, -0.05) is 60.7 Å². The van der Waals surface area contributed by atoms with Crippen LogP contribution in [0.2, 0.25) is 0 Å². The first-order valence-electron chi connectivity index (χ1n) is 9.23. The maximum absolute atomic E-state index is 12.8. The van der Waals surface area contributed by atoms with E-state index < -0.39 is 9.84 Å². The van der Waals surface area contributed by atoms with Gasteiger partial charge in [0.2, 0.25) is 0 Å². The minimum Gasteiger partial charge on any atom is -0.350 e. The van der Waals surface area contributed by atoms with Gasteiger partial charge >= 0.3 is 0 Å². The minimum atomic E-state index is -3.25. The summed E-state index contributed by atoms with van der Waals surface area (Å²) in [7, 11) is -3.25. The Hall–Kier alpha value is -3.71. The van der Waals surface area contributed by atoms with Crippen molar-refractivity contribution in [2.75, 3.05) is 6.26 Å². The van der Waals surface area contributed by atoms with Crippen molar-refractivity contribution >= 4 is 32.9 Å². The third-order valence-electron chi connectivity index (χ3n) is 4.68. The zero-order valence-electron chi connectivity index (χ0n) is 16.2. The summed E-state index contributed by atoms with van der Waals surface area (Å²) in [6.07, 6.45) is 2.62. The number of rotatable bonds is 5. The number of aromatic nitrogens is 1. The van der Waals surface area contributed by atoms with Crippen LogP contribution in [-0.4, -0.2) is 31.8 Å². The fourth-order valence-electron chi connectivity index (χ4n) is 3.24. The quantitative estimate of drug-likeness (QED) is 0.380. The van der Waals surface area contributed by atoms with Gasteiger partial charge in [-0.2, -0.15) is 5.10 Å². The fraction of sp³-hybridized carbons (Fsp3) is 0.0435. The van der Waals surface area contributed by atoms with Crippen molar-refractivity contribution in [1.82, 2.24) is 10.4 Å². The van der Waals surface area contributed by atoms with Crippen LogP contribution in [0.3, 0.4) is 0 Å². The van der Waals surface area contributed by atoms with E-state index in [-0.39, 0.29) is 10.8 Å². The summed E-state index contributed by atoms with van der Waals surface area (Å²) in [6, 6.07) is 23.7. The molecule has 2 N–H and O–H groups in total. The highest BCUT2D eigenvalue weighted by Crippen LogP contribution is 2.32. The number of carbonyl (C=O) groups is 1. The summed E-state index contributed by atoms with van der Waals surface area (Å²) in [5.74, 6) is -0.367. The standard InChI is InChI=1S/C23H19N3O3S/c1-30(28,29)18-13-11-16(12-14-18)15-24-26-23(27)22-21(17-7-3-2-4-8-17)19-9-5-6-10-20(19)25-22/h2-15,25H,1H3,(H,26,27)/b24-15-. The second-order valence-corrected chi connectivity index (χ2v) is 8.84. The Morgan fingerprint density at radius 1 is 0.933 bits per heavy atom. The number of nitrogens with zero attached hydrogens (tertiary/aromatic N) is 1. The Kier molecular flexibility index (Phi) is 5.20. The lowest BCUT2D eigenvalue weighted by atomic mass is 10.0. The zero-order valence-corrected chi connectivity index (χ0v) is 17.0. The molecule has 4 rings (SSSR count). The lowest BCUT2D eigenvalue weighted by Gasteiger charge is -2.04. The predicted octanol–water partition coefficient (Wildman–Crippen LogP) is 4.00. The Balaban J connectivity index is 1.60. The highest BCUT2D eigenvalue weighted by Gasteiger charge is 2.18. The summed E-state index contributed by atoms with van der Waals surface area (Å²) in [5.41, 5.74) is 6.25. The van der Waals surface area contributed by atoms with Crippen molar-refractivity contribution in [2.45, 2.75) is 4.90 Å². The van der Waals surface area contributed by atoms with E-state index in [0.29, 0.717) is 11.3 Å². The maximum Gasteiger partial charge on any atom is 0.288 e. The van der Waals surface area contributed by atoms with Crippen LogP contribution in [0.4, 0.5) is 0 Å². The second kappa shape index (κ2) is 7.96. The second-order valence-electron chi connectivity index (χ2n) is 6.83. The van der Waals surface area contributed by atoms with E-state index in [0.717, 1.165) is 28.3 Å². The first-order chi connectivity index (χ1) is 14.4. The van der Waals surface area contributed by atoms with Gasteiger partial charge in [-0.3, -0.25) is 4.79 Å². The van der Waals surface area contributed by atoms with Crippen molar-refractivity contribution in [1.29, 1.82) is 0 Å². The molecule has 30 heavy (non-hydrogen) atoms. The van der Waals surface area contributed by atoms with Gasteiger partial charge in [-0.15, -0.1) is 0 Å². The smallest absolute Gasteiger partial charge is 0.288 e. The molecular weight excluding hydrogens is 398 g/mol. The molecule has 0 aliphatic heterocycles. The summed E-state index contributed by atoms with van der Waals surface area (Å²) in [4.78, 5) is 16.3. The number of para-hydroxylation sites is 1. The molecule has 0 atom stereocenters. The number of amides is 1. The molecule has 0 spiro atoms. The average molecular weight is 417 g/mol. The monoisotopic (exact) mass is 417 g/mol. The molecule has 0 saturated heterocycles. The Bertz CT molecular complexity index is 1340. The van der Waals surface area contributed by atoms with Crippen LogP contribution >= 0.6 is 0 Å². The van der Waals surface area contributed by atoms with Crippen LogP contribution in [0.1, 0.15) is 16.1 Å². The zero-order chi connectivity index (χ0) is 21.1. The summed E-state index contributed by atoms with van der Waals surface area (Å²) >= 11 is 0. The topological polar surface area (TPSA) is 91.4 Å². The van der Waals surface area contributed by atoms with Crippen LogP contribution in [0.25, 0.3) is 22.0 Å². The van der Waals surface area contributed by atoms with Gasteiger partial charge in [0, 0.05) is 22.7 Å². The highest BCUT2D eigenvalue weighted by atomic mass is 32.2. The van der Waals surface area contributed by atoms with Gasteiger partial charge in [-0.25, -0.2) is 13.8 Å². The van der Waals surface area contributed by atoms with Gasteiger partial charge in [-0.05, 0) is 29.3 Å². The number of H-pyrrole nitrogens is 1. The van der Waals surface area contributed by atoms with Crippen molar-refractivity contribution in [2.24, 2.45) is 5.10 Å². The molecule has 0 radical (unpaired) electrons. The van der Waals surface area contributed by atoms with Crippen LogP contribution in [0, 0.1) is 0 Å². The summed E-state index contributed by atoms with van der Waals surface area (Å²) in [5, 5.41) is 4.97. The van der Waals surface area contributed by atoms with Crippen LogP contribution < -0.4 is 5.43 Å². The molecule has 0 fully saturated rings. The molecule has 0 bridgehead atoms. The van der Waals surface area contributed by atoms with E-state index in [2.05, 4.69) is 15.5 Å². The molecule has 6 nitrogen and oxygen atoms in total. The molecule has 150 valence electrons. The first kappa shape index (κ1) is 19.6. The SMILES string of the molecule is CS(=O)(=O)c1ccc(/C=N\NC(=O)c2[nH]c3ccccc3c2-c2ccccc2)cc1. The van der Waals surface area contributed by atoms with E-state index in [4.69, 9.17) is 0 Å². The Labute approximate surface area is 174 Å². The predicted molar refractivity (Wildman–Crippen MR) is 118 cm³/mol. The number of benzene rings is 3. The molecule has 1 amide bonds. The van der Waals surface area contributed by atoms with E-state index >= 15 is 0 Å². The molecule has 3 aromatic carbocycles. The normalized spacial score (nSPS) is 11.8. The van der Waals surface area contributed by atoms with E-state index in [1.54, 1.807) is 12.1 Å². The Morgan fingerprint density at radius 3 is 2.30 bits per heavy atom. The molecule has 0 aliphatic carbocycles. The molecule has 0 unspecified atom stereocenters. The van der Waals surface area contributed by atoms with E-state index in [1.165, 1.54) is 18.3 Å². The van der Waals surface area contributed by atoms with Crippen molar-refractivity contribution in [3.63, 3.8) is 0 Å². The highest BCUT2D eigenvalue weighted by molar-refractivity contribution is 7.90. The lowest BCUT2D eigenvalue weighted by Crippen LogP contribution is -2.18. The number of nitrogens with one attached hydrogen (secondary N) is 2. The number of fused-ring (bicyclic) bond motifs is 1. The largest absolute Gasteiger partial charge is 0.350 e. The summed E-state index contributed by atoms with van der Waals surface area (Å²) in [6.45, 7) is 0. The number of aromatic amines is 1. The fourth-order valence-corrected chi connectivity index (χ4v) is 3.87. The Morgan fingerprint density at radius 2 is 1.60 bits per heavy atom. The van der Waals surface area contributed by atoms with Crippen LogP contribution in [0.15, 0.2) is 88.9 Å². The molecule has 7 heteroatoms. The van der Waals surface area contributed by atoms with E-state index in [9.17, 15) is 13.2 Å². The third-order valence-corrected chi connectivity index (χ3v) is 5.81. The molecule has 4 aromatic rings. The lowest BCUT2D eigenvalue weighted by molar-refractivity contribution is 0.0951. The first-order valence-corrected chi connectivity index (χ1v) is 11.1. The number of hydrazone groups is 1. The molecule has 1 heterocycles. The number of carbonyl (C=O) groups excluding carboxylic acids is 1. The maximum atomic E-state index is 12.8. The van der Waals surface area contributed by atoms with E-state index in [1.807, 2.05) is 54.6 Å². The van der Waals surface area contributed by atoms with Crippen molar-refractivity contribution < 1.29 is 13.2 Å². The van der Waals surface area contributed by atoms with Crippen LogP contribution in [-0.2, 0) is 9.84 Å². The number of sulfone groups is 1. The summed E-state index contributed by atoms with van der Waals surface area (Å²) < 4.78 is 23.1. The number of hydrogen-bond donors (Lipinski definition) is 2. The minimum absolute atomic E-state index is 0.231. The average Bonchev–Trinajstić information content (AvgIpc) is 3.14. The molecule has 0 saturated carbocycles. The van der Waals surface area contributed by atoms with Gasteiger partial charge in [0.15, 0.2) is 9.84 Å². The van der Waals surface area contributed by atoms with Crippen LogP contribution in [0.5, 0.6) is 0 Å². The van der Waals surface area contributed by atoms with Gasteiger partial charge in [0.25, 0.3) is 5.91 Å². The molecule has 1 aromatic heterocycles. The number of hydrogen-bond acceptors (Lipinski definition) is 4. The van der Waals surface area contributed by atoms with Gasteiger partial charge in [0.1, 0.15) is 5.69 Å². The van der Waals surface area contributed by atoms with Gasteiger partial charge in [0.05, 0.1) is 11.1 Å². The molecular formula is C23H19N3O3S. The van der Waals surface area contributed by atoms with Gasteiger partial charge < -0.3 is 4.98 Å². The third kappa shape index (κ3) is 4.01. The van der Waals surface area contributed by atoms with Crippen molar-refractivity contribution in [3.05, 3.63) is 90.1 Å². The van der Waals surface area contributed by atoms with Crippen molar-refractivity contribution in [3.8, 4) is 11.1 Å². The molecule has 0 aliphatic rings.